The molecule has 130 valence electrons. The zero-order chi connectivity index (χ0) is 17.1. The molecule has 0 saturated carbocycles. The molecule has 5 nitrogen and oxygen atoms in total. The minimum absolute atomic E-state index is 0.101. The molecule has 2 aromatic rings. The zero-order valence-electron chi connectivity index (χ0n) is 14.4. The van der Waals surface area contributed by atoms with Crippen LogP contribution in [0.3, 0.4) is 0 Å². The number of likely N-dealkylation sites (tertiary alicyclic amines) is 1. The minimum atomic E-state index is 0.101. The molecule has 3 heterocycles. The Morgan fingerprint density at radius 3 is 2.79 bits per heavy atom. The second-order valence-electron chi connectivity index (χ2n) is 6.31. The molecule has 6 heteroatoms. The Balaban J connectivity index is 1.64. The van der Waals surface area contributed by atoms with Crippen molar-refractivity contribution in [3.8, 4) is 0 Å². The van der Waals surface area contributed by atoms with Gasteiger partial charge in [0.25, 0.3) is 5.91 Å². The van der Waals surface area contributed by atoms with Crippen LogP contribution in [0.15, 0.2) is 18.3 Å². The summed E-state index contributed by atoms with van der Waals surface area (Å²) in [6.07, 6.45) is 4.68. The fourth-order valence-electron chi connectivity index (χ4n) is 3.48. The van der Waals surface area contributed by atoms with Crippen molar-refractivity contribution in [1.29, 1.82) is 0 Å². The number of carbonyl (C=O) groups is 1. The maximum Gasteiger partial charge on any atom is 0.263 e. The van der Waals surface area contributed by atoms with E-state index in [1.165, 1.54) is 16.1 Å². The highest BCUT2D eigenvalue weighted by molar-refractivity contribution is 7.14. The number of amides is 1. The van der Waals surface area contributed by atoms with E-state index >= 15 is 0 Å². The first kappa shape index (κ1) is 17.2. The zero-order valence-corrected chi connectivity index (χ0v) is 15.2. The lowest BCUT2D eigenvalue weighted by Gasteiger charge is -2.32. The van der Waals surface area contributed by atoms with E-state index in [-0.39, 0.29) is 12.5 Å². The molecule has 0 aliphatic carbocycles. The molecule has 0 bridgehead atoms. The number of hydrogen-bond donors (Lipinski definition) is 1. The molecular formula is C18H25N3O2S. The number of aliphatic hydroxyl groups excluding tert-OH is 1. The van der Waals surface area contributed by atoms with E-state index in [1.807, 2.05) is 15.6 Å². The lowest BCUT2D eigenvalue weighted by molar-refractivity contribution is 0.0716. The van der Waals surface area contributed by atoms with Crippen LogP contribution >= 0.6 is 11.3 Å². The lowest BCUT2D eigenvalue weighted by Crippen LogP contribution is -2.38. The van der Waals surface area contributed by atoms with Gasteiger partial charge in [0.15, 0.2) is 0 Å². The van der Waals surface area contributed by atoms with Crippen molar-refractivity contribution in [2.45, 2.75) is 45.6 Å². The van der Waals surface area contributed by atoms with E-state index in [0.29, 0.717) is 12.5 Å². The Hall–Kier alpha value is -1.66. The number of thiophene rings is 1. The van der Waals surface area contributed by atoms with Gasteiger partial charge in [-0.1, -0.05) is 6.92 Å². The monoisotopic (exact) mass is 347 g/mol. The Morgan fingerprint density at radius 1 is 1.42 bits per heavy atom. The Labute approximate surface area is 146 Å². The average Bonchev–Trinajstić information content (AvgIpc) is 3.21. The summed E-state index contributed by atoms with van der Waals surface area (Å²) in [5.41, 5.74) is 2.46. The molecule has 24 heavy (non-hydrogen) atoms. The van der Waals surface area contributed by atoms with Crippen molar-refractivity contribution in [1.82, 2.24) is 14.7 Å². The first-order chi connectivity index (χ1) is 11.6. The minimum Gasteiger partial charge on any atom is -0.394 e. The Bertz CT molecular complexity index is 699. The second-order valence-corrected chi connectivity index (χ2v) is 7.57. The molecule has 0 spiro atoms. The highest BCUT2D eigenvalue weighted by atomic mass is 32.1. The van der Waals surface area contributed by atoms with E-state index in [1.54, 1.807) is 17.5 Å². The third-order valence-electron chi connectivity index (χ3n) is 4.87. The maximum absolute atomic E-state index is 12.7. The third-order valence-corrected chi connectivity index (χ3v) is 5.95. The number of rotatable bonds is 5. The largest absolute Gasteiger partial charge is 0.394 e. The van der Waals surface area contributed by atoms with Gasteiger partial charge in [0.1, 0.15) is 0 Å². The van der Waals surface area contributed by atoms with Crippen LogP contribution in [0.1, 0.15) is 51.5 Å². The number of carbonyl (C=O) groups excluding carboxylic acids is 1. The van der Waals surface area contributed by atoms with Crippen molar-refractivity contribution >= 4 is 17.2 Å². The summed E-state index contributed by atoms with van der Waals surface area (Å²) in [6.45, 7) is 6.43. The summed E-state index contributed by atoms with van der Waals surface area (Å²) < 4.78 is 1.89. The van der Waals surface area contributed by atoms with Crippen LogP contribution in [0.2, 0.25) is 0 Å². The lowest BCUT2D eigenvalue weighted by atomic mass is 9.93. The second kappa shape index (κ2) is 7.49. The molecule has 1 saturated heterocycles. The van der Waals surface area contributed by atoms with Gasteiger partial charge in [-0.3, -0.25) is 9.48 Å². The van der Waals surface area contributed by atoms with Gasteiger partial charge in [0.05, 0.1) is 18.0 Å². The molecule has 1 N–H and O–H groups in total. The summed E-state index contributed by atoms with van der Waals surface area (Å²) in [7, 11) is 0. The van der Waals surface area contributed by atoms with Gasteiger partial charge in [-0.25, -0.2) is 0 Å². The number of aryl methyl sites for hydroxylation is 2. The maximum atomic E-state index is 12.7. The van der Waals surface area contributed by atoms with E-state index in [4.69, 9.17) is 5.11 Å². The Kier molecular flexibility index (Phi) is 5.36. The fourth-order valence-corrected chi connectivity index (χ4v) is 4.56. The number of aliphatic hydroxyl groups is 1. The van der Waals surface area contributed by atoms with Crippen LogP contribution in [-0.2, 0) is 13.0 Å². The van der Waals surface area contributed by atoms with Crippen molar-refractivity contribution < 1.29 is 9.90 Å². The number of piperidine rings is 1. The topological polar surface area (TPSA) is 58.4 Å². The van der Waals surface area contributed by atoms with E-state index in [9.17, 15) is 4.79 Å². The molecule has 3 rings (SSSR count). The van der Waals surface area contributed by atoms with E-state index < -0.39 is 0 Å². The smallest absolute Gasteiger partial charge is 0.263 e. The quantitative estimate of drug-likeness (QED) is 0.905. The predicted molar refractivity (Wildman–Crippen MR) is 95.6 cm³/mol. The molecular weight excluding hydrogens is 322 g/mol. The van der Waals surface area contributed by atoms with Crippen LogP contribution < -0.4 is 0 Å². The van der Waals surface area contributed by atoms with Gasteiger partial charge in [0.2, 0.25) is 0 Å². The highest BCUT2D eigenvalue weighted by Crippen LogP contribution is 2.30. The van der Waals surface area contributed by atoms with Gasteiger partial charge < -0.3 is 10.0 Å². The van der Waals surface area contributed by atoms with Crippen LogP contribution in [0.5, 0.6) is 0 Å². The molecule has 0 atom stereocenters. The van der Waals surface area contributed by atoms with Gasteiger partial charge in [0, 0.05) is 35.8 Å². The molecule has 1 amide bonds. The molecule has 1 aliphatic rings. The standard InChI is InChI=1S/C18H25N3O2S/c1-3-14-12-17(24-13(14)2)18(23)20-8-5-15(6-9-20)16-4-7-19-21(16)10-11-22/h4,7,12,15,22H,3,5-6,8-11H2,1-2H3. The van der Waals surface area contributed by atoms with Gasteiger partial charge in [-0.05, 0) is 43.9 Å². The van der Waals surface area contributed by atoms with Gasteiger partial charge in [-0.15, -0.1) is 11.3 Å². The number of hydrogen-bond acceptors (Lipinski definition) is 4. The van der Waals surface area contributed by atoms with Crippen LogP contribution in [0, 0.1) is 6.92 Å². The molecule has 0 radical (unpaired) electrons. The predicted octanol–water partition coefficient (Wildman–Crippen LogP) is 2.83. The molecule has 0 aromatic carbocycles. The summed E-state index contributed by atoms with van der Waals surface area (Å²) in [6, 6.07) is 4.10. The molecule has 0 unspecified atom stereocenters. The first-order valence-corrected chi connectivity index (χ1v) is 9.46. The van der Waals surface area contributed by atoms with Crippen LogP contribution in [0.25, 0.3) is 0 Å². The molecule has 1 aliphatic heterocycles. The third kappa shape index (κ3) is 3.39. The average molecular weight is 347 g/mol. The fraction of sp³-hybridized carbons (Fsp3) is 0.556. The molecule has 2 aromatic heterocycles. The van der Waals surface area contributed by atoms with Gasteiger partial charge >= 0.3 is 0 Å². The van der Waals surface area contributed by atoms with E-state index in [0.717, 1.165) is 37.2 Å². The highest BCUT2D eigenvalue weighted by Gasteiger charge is 2.27. The van der Waals surface area contributed by atoms with Crippen molar-refractivity contribution in [2.75, 3.05) is 19.7 Å². The summed E-state index contributed by atoms with van der Waals surface area (Å²) in [4.78, 5) is 16.8. The van der Waals surface area contributed by atoms with E-state index in [2.05, 4.69) is 25.0 Å². The van der Waals surface area contributed by atoms with Crippen molar-refractivity contribution in [2.24, 2.45) is 0 Å². The first-order valence-electron chi connectivity index (χ1n) is 8.65. The molecule has 1 fully saturated rings. The van der Waals surface area contributed by atoms with Crippen molar-refractivity contribution in [3.63, 3.8) is 0 Å². The van der Waals surface area contributed by atoms with Crippen molar-refractivity contribution in [3.05, 3.63) is 39.3 Å². The Morgan fingerprint density at radius 2 is 2.17 bits per heavy atom. The summed E-state index contributed by atoms with van der Waals surface area (Å²) >= 11 is 1.62. The summed E-state index contributed by atoms with van der Waals surface area (Å²) in [5.74, 6) is 0.587. The number of nitrogens with zero attached hydrogens (tertiary/aromatic N) is 3. The normalized spacial score (nSPS) is 15.9. The van der Waals surface area contributed by atoms with Gasteiger partial charge in [-0.2, -0.15) is 5.10 Å². The number of aromatic nitrogens is 2. The SMILES string of the molecule is CCc1cc(C(=O)N2CCC(c3ccnn3CCO)CC2)sc1C. The van der Waals surface area contributed by atoms with Crippen LogP contribution in [-0.4, -0.2) is 45.4 Å². The van der Waals surface area contributed by atoms with Crippen LogP contribution in [0.4, 0.5) is 0 Å². The summed E-state index contributed by atoms with van der Waals surface area (Å²) in [5, 5.41) is 13.4.